The molecule has 0 fully saturated rings. The fourth-order valence-electron chi connectivity index (χ4n) is 3.67. The topological polar surface area (TPSA) is 87.7 Å². The largest absolute Gasteiger partial charge is 0.444 e. The molecule has 0 aliphatic heterocycles. The lowest BCUT2D eigenvalue weighted by molar-refractivity contribution is -0.144. The van der Waals surface area contributed by atoms with Gasteiger partial charge in [0.25, 0.3) is 0 Å². The number of thiol groups is 1. The zero-order valence-corrected chi connectivity index (χ0v) is 23.6. The molecule has 0 saturated carbocycles. The molecule has 2 N–H and O–H groups in total. The van der Waals surface area contributed by atoms with Crippen LogP contribution < -0.4 is 10.6 Å². The maximum atomic E-state index is 13.9. The van der Waals surface area contributed by atoms with Crippen LogP contribution in [0, 0.1) is 13.8 Å². The number of alkyl carbamates (subject to hydrolysis) is 1. The number of nitrogens with zero attached hydrogens (tertiary/aromatic N) is 1. The number of nitrogens with one attached hydrogen (secondary N) is 2. The molecule has 198 valence electrons. The summed E-state index contributed by atoms with van der Waals surface area (Å²) in [7, 11) is 0. The Balaban J connectivity index is 3.40. The van der Waals surface area contributed by atoms with E-state index in [0.29, 0.717) is 13.0 Å². The number of rotatable bonds is 12. The summed E-state index contributed by atoms with van der Waals surface area (Å²) < 4.78 is 5.35. The molecular formula is C27H45N3O4S. The third-order valence-electron chi connectivity index (χ3n) is 5.94. The summed E-state index contributed by atoms with van der Waals surface area (Å²) >= 11 is 4.33. The fourth-order valence-corrected chi connectivity index (χ4v) is 3.91. The van der Waals surface area contributed by atoms with Crippen molar-refractivity contribution in [1.29, 1.82) is 0 Å². The smallest absolute Gasteiger partial charge is 0.408 e. The summed E-state index contributed by atoms with van der Waals surface area (Å²) in [5.74, 6) is -0.525. The Morgan fingerprint density at radius 2 is 1.74 bits per heavy atom. The van der Waals surface area contributed by atoms with Crippen molar-refractivity contribution in [3.63, 3.8) is 0 Å². The van der Waals surface area contributed by atoms with Crippen molar-refractivity contribution in [1.82, 2.24) is 15.5 Å². The minimum absolute atomic E-state index is 0.0722. The number of hydrogen-bond donors (Lipinski definition) is 3. The van der Waals surface area contributed by atoms with Gasteiger partial charge in [-0.1, -0.05) is 44.9 Å². The zero-order valence-electron chi connectivity index (χ0n) is 22.7. The van der Waals surface area contributed by atoms with Gasteiger partial charge in [0.2, 0.25) is 11.8 Å². The SMILES string of the molecule is CCCCCNC(=O)C(c1ccc(C)c(C)c1)N(C(=O)C(CS)NC(=O)OC(C)(C)C)C(C)CC. The van der Waals surface area contributed by atoms with Gasteiger partial charge in [-0.3, -0.25) is 9.59 Å². The molecule has 0 bridgehead atoms. The summed E-state index contributed by atoms with van der Waals surface area (Å²) in [6, 6.07) is 3.81. The number of benzene rings is 1. The number of hydrogen-bond acceptors (Lipinski definition) is 5. The molecule has 3 atom stereocenters. The fraction of sp³-hybridized carbons (Fsp3) is 0.667. The van der Waals surface area contributed by atoms with E-state index in [1.165, 1.54) is 0 Å². The monoisotopic (exact) mass is 507 g/mol. The van der Waals surface area contributed by atoms with E-state index in [0.717, 1.165) is 36.0 Å². The van der Waals surface area contributed by atoms with Crippen LogP contribution in [0.25, 0.3) is 0 Å². The third kappa shape index (κ3) is 9.74. The van der Waals surface area contributed by atoms with Crippen LogP contribution in [0.1, 0.15) is 90.0 Å². The van der Waals surface area contributed by atoms with Crippen LogP contribution in [0.2, 0.25) is 0 Å². The molecule has 7 nitrogen and oxygen atoms in total. The molecule has 1 aromatic carbocycles. The molecule has 0 spiro atoms. The Labute approximate surface area is 217 Å². The summed E-state index contributed by atoms with van der Waals surface area (Å²) in [5, 5.41) is 5.68. The average Bonchev–Trinajstić information content (AvgIpc) is 2.78. The van der Waals surface area contributed by atoms with E-state index < -0.39 is 23.8 Å². The number of ether oxygens (including phenoxy) is 1. The maximum Gasteiger partial charge on any atom is 0.408 e. The minimum atomic E-state index is -0.941. The molecule has 0 radical (unpaired) electrons. The lowest BCUT2D eigenvalue weighted by Crippen LogP contribution is -2.56. The molecule has 0 aliphatic rings. The standard InChI is InChI=1S/C27H45N3O4S/c1-9-11-12-15-28-24(31)23(21-14-13-18(3)19(4)16-21)30(20(5)10-2)25(32)22(17-35)29-26(33)34-27(6,7)8/h13-14,16,20,22-23,35H,9-12,15,17H2,1-8H3,(H,28,31)(H,29,33). The molecule has 1 rings (SSSR count). The zero-order chi connectivity index (χ0) is 26.8. The van der Waals surface area contributed by atoms with Crippen molar-refractivity contribution in [2.45, 2.75) is 105 Å². The molecular weight excluding hydrogens is 462 g/mol. The van der Waals surface area contributed by atoms with Crippen LogP contribution in [0.5, 0.6) is 0 Å². The van der Waals surface area contributed by atoms with Crippen LogP contribution >= 0.6 is 12.6 Å². The van der Waals surface area contributed by atoms with Gasteiger partial charge in [-0.15, -0.1) is 0 Å². The highest BCUT2D eigenvalue weighted by atomic mass is 32.1. The minimum Gasteiger partial charge on any atom is -0.444 e. The summed E-state index contributed by atoms with van der Waals surface area (Å²) in [4.78, 5) is 41.4. The number of aryl methyl sites for hydroxylation is 2. The predicted octanol–water partition coefficient (Wildman–Crippen LogP) is 5.10. The average molecular weight is 508 g/mol. The quantitative estimate of drug-likeness (QED) is 0.271. The van der Waals surface area contributed by atoms with E-state index in [4.69, 9.17) is 4.74 Å². The van der Waals surface area contributed by atoms with Crippen LogP contribution in [-0.4, -0.2) is 52.8 Å². The van der Waals surface area contributed by atoms with E-state index in [1.54, 1.807) is 25.7 Å². The predicted molar refractivity (Wildman–Crippen MR) is 145 cm³/mol. The number of amides is 3. The van der Waals surface area contributed by atoms with E-state index in [1.807, 2.05) is 45.9 Å². The van der Waals surface area contributed by atoms with Gasteiger partial charge in [-0.2, -0.15) is 12.6 Å². The van der Waals surface area contributed by atoms with Crippen molar-refractivity contribution in [2.75, 3.05) is 12.3 Å². The lowest BCUT2D eigenvalue weighted by atomic mass is 9.96. The normalized spacial score (nSPS) is 14.0. The first kappa shape index (κ1) is 30.8. The molecule has 3 unspecified atom stereocenters. The second-order valence-electron chi connectivity index (χ2n) is 10.1. The molecule has 8 heteroatoms. The first-order valence-electron chi connectivity index (χ1n) is 12.6. The number of unbranched alkanes of at least 4 members (excludes halogenated alkanes) is 2. The van der Waals surface area contributed by atoms with Gasteiger partial charge < -0.3 is 20.3 Å². The highest BCUT2D eigenvalue weighted by Crippen LogP contribution is 2.28. The number of carbonyl (C=O) groups is 3. The highest BCUT2D eigenvalue weighted by molar-refractivity contribution is 7.80. The van der Waals surface area contributed by atoms with Crippen LogP contribution in [0.15, 0.2) is 18.2 Å². The molecule has 0 saturated heterocycles. The summed E-state index contributed by atoms with van der Waals surface area (Å²) in [6.07, 6.45) is 2.89. The highest BCUT2D eigenvalue weighted by Gasteiger charge is 2.38. The number of carbonyl (C=O) groups excluding carboxylic acids is 3. The van der Waals surface area contributed by atoms with Gasteiger partial charge in [0, 0.05) is 18.3 Å². The maximum absolute atomic E-state index is 13.9. The van der Waals surface area contributed by atoms with E-state index in [-0.39, 0.29) is 23.6 Å². The Bertz CT molecular complexity index is 853. The molecule has 0 heterocycles. The Morgan fingerprint density at radius 1 is 1.09 bits per heavy atom. The van der Waals surface area contributed by atoms with E-state index in [2.05, 4.69) is 30.2 Å². The second-order valence-corrected chi connectivity index (χ2v) is 10.5. The first-order valence-corrected chi connectivity index (χ1v) is 13.3. The summed E-state index contributed by atoms with van der Waals surface area (Å²) in [5.41, 5.74) is 2.19. The van der Waals surface area contributed by atoms with Crippen molar-refractivity contribution in [2.24, 2.45) is 0 Å². The van der Waals surface area contributed by atoms with Crippen LogP contribution in [-0.2, 0) is 14.3 Å². The summed E-state index contributed by atoms with van der Waals surface area (Å²) in [6.45, 7) is 15.8. The van der Waals surface area contributed by atoms with Crippen molar-refractivity contribution in [3.05, 3.63) is 34.9 Å². The molecule has 35 heavy (non-hydrogen) atoms. The molecule has 1 aromatic rings. The molecule has 0 aliphatic carbocycles. The van der Waals surface area contributed by atoms with Crippen molar-refractivity contribution >= 4 is 30.5 Å². The van der Waals surface area contributed by atoms with Crippen LogP contribution in [0.3, 0.4) is 0 Å². The third-order valence-corrected chi connectivity index (χ3v) is 6.31. The van der Waals surface area contributed by atoms with Gasteiger partial charge in [0.05, 0.1) is 0 Å². The van der Waals surface area contributed by atoms with Gasteiger partial charge in [-0.05, 0) is 71.1 Å². The Morgan fingerprint density at radius 3 is 2.26 bits per heavy atom. The second kappa shape index (κ2) is 14.4. The Kier molecular flexibility index (Phi) is 12.6. The van der Waals surface area contributed by atoms with Gasteiger partial charge in [0.1, 0.15) is 17.7 Å². The molecule has 0 aromatic heterocycles. The van der Waals surface area contributed by atoms with Crippen LogP contribution in [0.4, 0.5) is 4.79 Å². The van der Waals surface area contributed by atoms with E-state index in [9.17, 15) is 14.4 Å². The van der Waals surface area contributed by atoms with Crippen molar-refractivity contribution in [3.8, 4) is 0 Å². The lowest BCUT2D eigenvalue weighted by Gasteiger charge is -2.38. The van der Waals surface area contributed by atoms with Gasteiger partial charge in [0.15, 0.2) is 0 Å². The first-order chi connectivity index (χ1) is 16.4. The van der Waals surface area contributed by atoms with E-state index >= 15 is 0 Å². The van der Waals surface area contributed by atoms with Crippen molar-refractivity contribution < 1.29 is 19.1 Å². The molecule has 3 amide bonds. The Hall–Kier alpha value is -2.22. The van der Waals surface area contributed by atoms with Gasteiger partial charge in [-0.25, -0.2) is 4.79 Å². The van der Waals surface area contributed by atoms with Gasteiger partial charge >= 0.3 is 6.09 Å².